The summed E-state index contributed by atoms with van der Waals surface area (Å²) in [5.41, 5.74) is 0.902. The van der Waals surface area contributed by atoms with Crippen LogP contribution >= 0.6 is 0 Å². The summed E-state index contributed by atoms with van der Waals surface area (Å²) in [5.74, 6) is 1.95. The molecule has 0 amide bonds. The molecule has 4 aromatic rings. The second kappa shape index (κ2) is 8.05. The van der Waals surface area contributed by atoms with Gasteiger partial charge in [0.05, 0.1) is 11.9 Å². The van der Waals surface area contributed by atoms with E-state index in [1.54, 1.807) is 53.6 Å². The Morgan fingerprint density at radius 3 is 2.69 bits per heavy atom. The predicted octanol–water partition coefficient (Wildman–Crippen LogP) is 3.87. The maximum absolute atomic E-state index is 12.8. The van der Waals surface area contributed by atoms with Crippen molar-refractivity contribution in [1.82, 2.24) is 29.5 Å². The van der Waals surface area contributed by atoms with Crippen molar-refractivity contribution in [1.29, 1.82) is 0 Å². The zero-order valence-electron chi connectivity index (χ0n) is 15.4. The van der Waals surface area contributed by atoms with E-state index in [0.717, 1.165) is 4.68 Å². The average molecular weight is 397 g/mol. The molecule has 0 atom stereocenters. The van der Waals surface area contributed by atoms with E-state index >= 15 is 0 Å². The first-order valence-electron chi connectivity index (χ1n) is 8.74. The lowest BCUT2D eigenvalue weighted by atomic mass is 10.2. The number of nitrogens with zero attached hydrogens (tertiary/aromatic N) is 6. The molecule has 4 rings (SSSR count). The molecule has 0 bridgehead atoms. The predicted molar refractivity (Wildman–Crippen MR) is 102 cm³/mol. The van der Waals surface area contributed by atoms with E-state index in [2.05, 4.69) is 25.5 Å². The molecule has 0 radical (unpaired) electrons. The van der Waals surface area contributed by atoms with Crippen molar-refractivity contribution in [2.75, 3.05) is 5.32 Å². The molecule has 10 heteroatoms. The SMILES string of the molecule is Cn1ccc(Nc2cc(Oc3cn(CC(F)F)nc3-c3ccccn3)ccn2)n1. The first kappa shape index (κ1) is 18.5. The summed E-state index contributed by atoms with van der Waals surface area (Å²) in [7, 11) is 1.81. The maximum atomic E-state index is 12.8. The molecule has 0 aliphatic carbocycles. The van der Waals surface area contributed by atoms with E-state index in [9.17, 15) is 8.78 Å². The molecule has 1 N–H and O–H groups in total. The number of hydrogen-bond donors (Lipinski definition) is 1. The third kappa shape index (κ3) is 4.54. The number of pyridine rings is 2. The lowest BCUT2D eigenvalue weighted by molar-refractivity contribution is 0.122. The fraction of sp³-hybridized carbons (Fsp3) is 0.158. The van der Waals surface area contributed by atoms with Gasteiger partial charge in [-0.1, -0.05) is 6.07 Å². The van der Waals surface area contributed by atoms with Gasteiger partial charge in [-0.3, -0.25) is 14.3 Å². The summed E-state index contributed by atoms with van der Waals surface area (Å²) in [6.07, 6.45) is 3.88. The first-order valence-corrected chi connectivity index (χ1v) is 8.74. The van der Waals surface area contributed by atoms with E-state index in [1.807, 2.05) is 13.1 Å². The number of rotatable bonds is 7. The number of halogens is 2. The number of aryl methyl sites for hydroxylation is 1. The van der Waals surface area contributed by atoms with Crippen LogP contribution < -0.4 is 10.1 Å². The molecule has 29 heavy (non-hydrogen) atoms. The largest absolute Gasteiger partial charge is 0.453 e. The van der Waals surface area contributed by atoms with Crippen molar-refractivity contribution in [3.05, 3.63) is 61.2 Å². The van der Waals surface area contributed by atoms with Gasteiger partial charge >= 0.3 is 0 Å². The van der Waals surface area contributed by atoms with Gasteiger partial charge in [-0.15, -0.1) is 0 Å². The molecule has 0 saturated carbocycles. The quantitative estimate of drug-likeness (QED) is 0.510. The van der Waals surface area contributed by atoms with Crippen molar-refractivity contribution >= 4 is 11.6 Å². The van der Waals surface area contributed by atoms with E-state index in [-0.39, 0.29) is 0 Å². The van der Waals surface area contributed by atoms with Crippen LogP contribution in [0.5, 0.6) is 11.5 Å². The lowest BCUT2D eigenvalue weighted by Crippen LogP contribution is -2.06. The molecule has 4 heterocycles. The molecule has 0 spiro atoms. The second-order valence-corrected chi connectivity index (χ2v) is 6.15. The Hall–Kier alpha value is -3.82. The summed E-state index contributed by atoms with van der Waals surface area (Å²) in [4.78, 5) is 8.48. The Morgan fingerprint density at radius 2 is 1.97 bits per heavy atom. The van der Waals surface area contributed by atoms with Gasteiger partial charge in [-0.25, -0.2) is 13.8 Å². The van der Waals surface area contributed by atoms with Crippen LogP contribution in [0.4, 0.5) is 20.4 Å². The molecule has 4 aromatic heterocycles. The van der Waals surface area contributed by atoms with Crippen LogP contribution in [-0.4, -0.2) is 36.0 Å². The Labute approximate surface area is 164 Å². The van der Waals surface area contributed by atoms with Crippen LogP contribution in [0.1, 0.15) is 0 Å². The number of ether oxygens (including phenoxy) is 1. The normalized spacial score (nSPS) is 11.0. The third-order valence-corrected chi connectivity index (χ3v) is 3.89. The highest BCUT2D eigenvalue weighted by Gasteiger charge is 2.17. The van der Waals surface area contributed by atoms with Gasteiger partial charge in [0.1, 0.15) is 18.1 Å². The van der Waals surface area contributed by atoms with Crippen LogP contribution in [0.15, 0.2) is 61.2 Å². The molecule has 0 fully saturated rings. The van der Waals surface area contributed by atoms with Crippen molar-refractivity contribution in [2.24, 2.45) is 7.05 Å². The molecule has 0 saturated heterocycles. The fourth-order valence-electron chi connectivity index (χ4n) is 2.68. The highest BCUT2D eigenvalue weighted by atomic mass is 19.3. The minimum atomic E-state index is -2.53. The van der Waals surface area contributed by atoms with Crippen LogP contribution in [0.3, 0.4) is 0 Å². The summed E-state index contributed by atoms with van der Waals surface area (Å²) >= 11 is 0. The standard InChI is InChI=1S/C19H17F2N7O/c1-27-9-6-17(25-27)24-18-10-13(5-8-23-18)29-15-11-28(12-16(20)21)26-19(15)14-4-2-3-7-22-14/h2-11,16H,12H2,1H3,(H,23,24,25). The molecule has 148 valence electrons. The topological polar surface area (TPSA) is 82.7 Å². The molecule has 0 aliphatic rings. The number of alkyl halides is 2. The van der Waals surface area contributed by atoms with E-state index in [1.165, 1.54) is 6.20 Å². The zero-order chi connectivity index (χ0) is 20.2. The molecule has 0 aromatic carbocycles. The van der Waals surface area contributed by atoms with Crippen LogP contribution in [0, 0.1) is 0 Å². The van der Waals surface area contributed by atoms with E-state index in [4.69, 9.17) is 4.74 Å². The smallest absolute Gasteiger partial charge is 0.257 e. The Morgan fingerprint density at radius 1 is 1.07 bits per heavy atom. The number of aromatic nitrogens is 6. The van der Waals surface area contributed by atoms with Crippen molar-refractivity contribution in [3.63, 3.8) is 0 Å². The Balaban J connectivity index is 1.61. The summed E-state index contributed by atoms with van der Waals surface area (Å²) in [6.45, 7) is -0.536. The monoisotopic (exact) mass is 397 g/mol. The molecular formula is C19H17F2N7O. The fourth-order valence-corrected chi connectivity index (χ4v) is 2.68. The van der Waals surface area contributed by atoms with Crippen LogP contribution in [0.2, 0.25) is 0 Å². The maximum Gasteiger partial charge on any atom is 0.257 e. The Bertz CT molecular complexity index is 1090. The van der Waals surface area contributed by atoms with Gasteiger partial charge in [-0.05, 0) is 18.2 Å². The average Bonchev–Trinajstić information content (AvgIpc) is 3.28. The van der Waals surface area contributed by atoms with Crippen LogP contribution in [0.25, 0.3) is 11.4 Å². The van der Waals surface area contributed by atoms with E-state index in [0.29, 0.717) is 34.5 Å². The number of anilines is 2. The summed E-state index contributed by atoms with van der Waals surface area (Å²) < 4.78 is 34.4. The van der Waals surface area contributed by atoms with Crippen molar-refractivity contribution < 1.29 is 13.5 Å². The zero-order valence-corrected chi connectivity index (χ0v) is 15.4. The van der Waals surface area contributed by atoms with Crippen molar-refractivity contribution in [3.8, 4) is 22.9 Å². The second-order valence-electron chi connectivity index (χ2n) is 6.15. The summed E-state index contributed by atoms with van der Waals surface area (Å²) in [5, 5.41) is 11.5. The van der Waals surface area contributed by atoms with E-state index < -0.39 is 13.0 Å². The van der Waals surface area contributed by atoms with Crippen molar-refractivity contribution in [2.45, 2.75) is 13.0 Å². The van der Waals surface area contributed by atoms with Gasteiger partial charge in [-0.2, -0.15) is 10.2 Å². The van der Waals surface area contributed by atoms with Gasteiger partial charge in [0, 0.05) is 37.8 Å². The van der Waals surface area contributed by atoms with Gasteiger partial charge in [0.25, 0.3) is 6.43 Å². The minimum Gasteiger partial charge on any atom is -0.453 e. The highest BCUT2D eigenvalue weighted by Crippen LogP contribution is 2.32. The first-order chi connectivity index (χ1) is 14.1. The van der Waals surface area contributed by atoms with Gasteiger partial charge in [0.2, 0.25) is 0 Å². The summed E-state index contributed by atoms with van der Waals surface area (Å²) in [6, 6.07) is 10.4. The molecular weight excluding hydrogens is 380 g/mol. The number of nitrogens with one attached hydrogen (secondary N) is 1. The Kier molecular flexibility index (Phi) is 5.14. The molecule has 0 aliphatic heterocycles. The van der Waals surface area contributed by atoms with Crippen LogP contribution in [-0.2, 0) is 13.6 Å². The highest BCUT2D eigenvalue weighted by molar-refractivity contribution is 5.63. The van der Waals surface area contributed by atoms with Gasteiger partial charge in [0.15, 0.2) is 17.3 Å². The molecule has 0 unspecified atom stereocenters. The third-order valence-electron chi connectivity index (χ3n) is 3.89. The molecule has 8 nitrogen and oxygen atoms in total. The number of hydrogen-bond acceptors (Lipinski definition) is 6. The van der Waals surface area contributed by atoms with Gasteiger partial charge < -0.3 is 10.1 Å². The lowest BCUT2D eigenvalue weighted by Gasteiger charge is -2.07. The minimum absolute atomic E-state index is 0.319.